The van der Waals surface area contributed by atoms with Gasteiger partial charge in [-0.05, 0) is 92.2 Å². The predicted molar refractivity (Wildman–Crippen MR) is 159 cm³/mol. The number of anilines is 1. The lowest BCUT2D eigenvalue weighted by Crippen LogP contribution is -2.61. The van der Waals surface area contributed by atoms with Crippen LogP contribution in [0, 0.1) is 16.7 Å². The van der Waals surface area contributed by atoms with Gasteiger partial charge < -0.3 is 20.7 Å². The molecule has 43 heavy (non-hydrogen) atoms. The van der Waals surface area contributed by atoms with Crippen LogP contribution in [0.5, 0.6) is 0 Å². The molecule has 4 fully saturated rings. The van der Waals surface area contributed by atoms with E-state index in [1.54, 1.807) is 12.1 Å². The quantitative estimate of drug-likeness (QED) is 0.402. The van der Waals surface area contributed by atoms with Gasteiger partial charge in [0.1, 0.15) is 5.37 Å². The number of carboxylic acid groups (broad SMARTS) is 1. The van der Waals surface area contributed by atoms with Crippen LogP contribution in [0.15, 0.2) is 45.8 Å². The van der Waals surface area contributed by atoms with Crippen molar-refractivity contribution in [1.82, 2.24) is 4.90 Å². The van der Waals surface area contributed by atoms with E-state index in [1.807, 2.05) is 18.2 Å². The first-order chi connectivity index (χ1) is 20.4. The number of amides is 2. The van der Waals surface area contributed by atoms with E-state index in [0.717, 1.165) is 79.0 Å². The zero-order valence-corrected chi connectivity index (χ0v) is 25.5. The first kappa shape index (κ1) is 28.7. The van der Waals surface area contributed by atoms with E-state index < -0.39 is 39.3 Å². The van der Waals surface area contributed by atoms with Gasteiger partial charge in [0.15, 0.2) is 0 Å². The molecular formula is C31H34N3O7S2-. The molecule has 8 rings (SSSR count). The fraction of sp³-hybridized carbons (Fsp3) is 0.516. The number of primary amides is 1. The number of β-lactam (4-membered cyclic amide) rings is 1. The van der Waals surface area contributed by atoms with Crippen molar-refractivity contribution in [3.8, 4) is 0 Å². The molecule has 10 nitrogen and oxygen atoms in total. The van der Waals surface area contributed by atoms with E-state index in [1.165, 1.54) is 11.2 Å². The highest BCUT2D eigenvalue weighted by molar-refractivity contribution is 8.04. The summed E-state index contributed by atoms with van der Waals surface area (Å²) in [7, 11) is -3.99. The molecule has 2 bridgehead atoms. The molecule has 3 aliphatic heterocycles. The van der Waals surface area contributed by atoms with Crippen molar-refractivity contribution in [2.24, 2.45) is 22.5 Å². The number of carbonyl (C=O) groups excluding carboxylic acids is 3. The van der Waals surface area contributed by atoms with Crippen LogP contribution in [-0.2, 0) is 30.8 Å². The Balaban J connectivity index is 1.16. The van der Waals surface area contributed by atoms with Gasteiger partial charge in [0.05, 0.1) is 40.8 Å². The summed E-state index contributed by atoms with van der Waals surface area (Å²) in [5.41, 5.74) is 7.07. The minimum absolute atomic E-state index is 0.0676. The number of benzene rings is 2. The number of carboxylic acids is 1. The van der Waals surface area contributed by atoms with Gasteiger partial charge in [0, 0.05) is 16.7 Å². The van der Waals surface area contributed by atoms with Crippen LogP contribution in [0.2, 0.25) is 0 Å². The summed E-state index contributed by atoms with van der Waals surface area (Å²) in [6, 6.07) is 9.06. The molecule has 3 heterocycles. The molecule has 12 heteroatoms. The summed E-state index contributed by atoms with van der Waals surface area (Å²) < 4.78 is 28.9. The summed E-state index contributed by atoms with van der Waals surface area (Å²) in [5, 5.41) is 23.1. The third-order valence-corrected chi connectivity index (χ3v) is 13.9. The first-order valence-electron chi connectivity index (χ1n) is 14.8. The number of rotatable bonds is 9. The SMILES string of the molecule is CC(O)C1C(=O)N2C(C(=O)[O-])=C(CN3c4cccc5c(CCC67CCC(CC(N)=O)(CC6)CC7)ccc(c45)S3(=O)=O)SC12. The molecule has 228 valence electrons. The maximum atomic E-state index is 13.8. The second-order valence-corrected chi connectivity index (χ2v) is 16.2. The highest BCUT2D eigenvalue weighted by Gasteiger charge is 2.57. The summed E-state index contributed by atoms with van der Waals surface area (Å²) >= 11 is 1.10. The molecule has 0 aromatic heterocycles. The zero-order chi connectivity index (χ0) is 30.5. The average Bonchev–Trinajstić information content (AvgIpc) is 3.39. The van der Waals surface area contributed by atoms with Gasteiger partial charge in [-0.25, -0.2) is 8.42 Å². The Morgan fingerprint density at radius 2 is 1.79 bits per heavy atom. The Labute approximate surface area is 254 Å². The molecular weight excluding hydrogens is 590 g/mol. The van der Waals surface area contributed by atoms with Gasteiger partial charge in [0.25, 0.3) is 10.0 Å². The van der Waals surface area contributed by atoms with Crippen molar-refractivity contribution in [3.63, 3.8) is 0 Å². The van der Waals surface area contributed by atoms with Crippen molar-refractivity contribution in [2.45, 2.75) is 81.1 Å². The Bertz CT molecular complexity index is 1710. The van der Waals surface area contributed by atoms with E-state index in [0.29, 0.717) is 17.5 Å². The Kier molecular flexibility index (Phi) is 6.47. The van der Waals surface area contributed by atoms with Crippen molar-refractivity contribution in [3.05, 3.63) is 46.5 Å². The molecule has 2 amide bonds. The van der Waals surface area contributed by atoms with E-state index in [9.17, 15) is 33.0 Å². The number of hydrogen-bond donors (Lipinski definition) is 2. The van der Waals surface area contributed by atoms with Crippen LogP contribution < -0.4 is 15.1 Å². The van der Waals surface area contributed by atoms with E-state index in [4.69, 9.17) is 5.73 Å². The van der Waals surface area contributed by atoms with Crippen molar-refractivity contribution >= 4 is 56.0 Å². The predicted octanol–water partition coefficient (Wildman–Crippen LogP) is 2.37. The number of aliphatic hydroxyl groups is 1. The molecule has 0 radical (unpaired) electrons. The maximum absolute atomic E-state index is 13.8. The number of aryl methyl sites for hydroxylation is 1. The van der Waals surface area contributed by atoms with Gasteiger partial charge in [-0.3, -0.25) is 18.8 Å². The number of nitrogens with two attached hydrogens (primary N) is 1. The molecule has 3 aliphatic carbocycles. The number of aliphatic carboxylic acids is 1. The second kappa shape index (κ2) is 9.70. The van der Waals surface area contributed by atoms with Crippen molar-refractivity contribution in [2.75, 3.05) is 10.8 Å². The molecule has 1 saturated heterocycles. The molecule has 2 aromatic rings. The average molecular weight is 625 g/mol. The number of fused-ring (bicyclic) bond motifs is 4. The number of hydrogen-bond acceptors (Lipinski definition) is 8. The van der Waals surface area contributed by atoms with Crippen LogP contribution in [0.25, 0.3) is 10.8 Å². The smallest absolute Gasteiger partial charge is 0.265 e. The van der Waals surface area contributed by atoms with Gasteiger partial charge in [-0.15, -0.1) is 0 Å². The van der Waals surface area contributed by atoms with Crippen LogP contribution in [0.1, 0.15) is 63.9 Å². The van der Waals surface area contributed by atoms with Crippen molar-refractivity contribution < 1.29 is 33.0 Å². The normalized spacial score (nSPS) is 31.0. The number of carbonyl (C=O) groups is 3. The Hall–Kier alpha value is -3.09. The van der Waals surface area contributed by atoms with Gasteiger partial charge in [0.2, 0.25) is 11.8 Å². The van der Waals surface area contributed by atoms with Crippen LogP contribution in [0.4, 0.5) is 5.69 Å². The van der Waals surface area contributed by atoms with Crippen LogP contribution in [-0.4, -0.2) is 54.2 Å². The molecule has 3 N–H and O–H groups in total. The van der Waals surface area contributed by atoms with Gasteiger partial charge in [-0.1, -0.05) is 30.0 Å². The molecule has 0 spiro atoms. The number of sulfonamides is 1. The molecule has 2 aromatic carbocycles. The number of thioether (sulfide) groups is 1. The fourth-order valence-electron chi connectivity index (χ4n) is 8.31. The topological polar surface area (TPSA) is 161 Å². The minimum Gasteiger partial charge on any atom is -0.543 e. The second-order valence-electron chi connectivity index (χ2n) is 13.1. The maximum Gasteiger partial charge on any atom is 0.265 e. The highest BCUT2D eigenvalue weighted by Crippen LogP contribution is 2.60. The molecule has 3 unspecified atom stereocenters. The summed E-state index contributed by atoms with van der Waals surface area (Å²) in [6.07, 6.45) is 7.61. The third kappa shape index (κ3) is 4.23. The largest absolute Gasteiger partial charge is 0.543 e. The van der Waals surface area contributed by atoms with Crippen LogP contribution in [0.3, 0.4) is 0 Å². The number of nitrogens with zero attached hydrogens (tertiary/aromatic N) is 2. The van der Waals surface area contributed by atoms with Crippen molar-refractivity contribution in [1.29, 1.82) is 0 Å². The zero-order valence-electron chi connectivity index (χ0n) is 23.9. The standard InChI is InChI=1S/C31H35N3O7S2/c1-17(35)24-27(37)34-26(29(38)39)21(42-28(24)34)16-33-20-4-2-3-19-18(5-6-22(25(19)20)43(33,40)41)7-8-30-9-12-31(13-10-30,14-11-30)15-23(32)36/h2-6,17,24,28,35H,7-16H2,1H3,(H2,32,36)(H,38,39)/p-1. The first-order valence-corrected chi connectivity index (χ1v) is 17.2. The monoisotopic (exact) mass is 624 g/mol. The third-order valence-electron chi connectivity index (χ3n) is 10.8. The minimum atomic E-state index is -3.99. The molecule has 3 saturated carbocycles. The summed E-state index contributed by atoms with van der Waals surface area (Å²) in [4.78, 5) is 37.9. The lowest BCUT2D eigenvalue weighted by molar-refractivity contribution is -0.301. The lowest BCUT2D eigenvalue weighted by atomic mass is 9.51. The fourth-order valence-corrected chi connectivity index (χ4v) is 11.6. The molecule has 6 aliphatic rings. The van der Waals surface area contributed by atoms with E-state index in [2.05, 4.69) is 0 Å². The molecule has 3 atom stereocenters. The van der Waals surface area contributed by atoms with Gasteiger partial charge in [-0.2, -0.15) is 0 Å². The summed E-state index contributed by atoms with van der Waals surface area (Å²) in [5.74, 6) is -3.03. The lowest BCUT2D eigenvalue weighted by Gasteiger charge is -2.53. The highest BCUT2D eigenvalue weighted by atomic mass is 32.2. The van der Waals surface area contributed by atoms with Gasteiger partial charge >= 0.3 is 0 Å². The van der Waals surface area contributed by atoms with Crippen LogP contribution >= 0.6 is 11.8 Å². The Morgan fingerprint density at radius 3 is 2.42 bits per heavy atom. The Morgan fingerprint density at radius 1 is 1.12 bits per heavy atom. The van der Waals surface area contributed by atoms with E-state index in [-0.39, 0.29) is 38.8 Å². The number of aliphatic hydroxyl groups excluding tert-OH is 1. The summed E-state index contributed by atoms with van der Waals surface area (Å²) in [6.45, 7) is 1.23. The van der Waals surface area contributed by atoms with E-state index >= 15 is 0 Å².